The lowest BCUT2D eigenvalue weighted by molar-refractivity contribution is -0.116. The van der Waals surface area contributed by atoms with Crippen molar-refractivity contribution in [3.63, 3.8) is 0 Å². The van der Waals surface area contributed by atoms with Gasteiger partial charge in [0.1, 0.15) is 18.0 Å². The molecule has 1 amide bonds. The predicted molar refractivity (Wildman–Crippen MR) is 115 cm³/mol. The molecule has 0 saturated heterocycles. The number of para-hydroxylation sites is 1. The summed E-state index contributed by atoms with van der Waals surface area (Å²) < 4.78 is 11.7. The molecule has 1 aromatic carbocycles. The highest BCUT2D eigenvalue weighted by Gasteiger charge is 2.18. The number of amides is 1. The Balaban J connectivity index is 1.52. The van der Waals surface area contributed by atoms with Crippen molar-refractivity contribution < 1.29 is 13.8 Å². The van der Waals surface area contributed by atoms with Crippen LogP contribution in [-0.2, 0) is 11.3 Å². The largest absolute Gasteiger partial charge is 0.360 e. The first-order valence-corrected chi connectivity index (χ1v) is 9.70. The molecular formula is C22H16N6O4. The second-order valence-electron chi connectivity index (χ2n) is 7.01. The number of benzene rings is 1. The van der Waals surface area contributed by atoms with E-state index in [2.05, 4.69) is 25.6 Å². The monoisotopic (exact) mass is 428 g/mol. The van der Waals surface area contributed by atoms with Crippen LogP contribution in [0.5, 0.6) is 0 Å². The van der Waals surface area contributed by atoms with Crippen molar-refractivity contribution in [2.75, 3.05) is 5.32 Å². The van der Waals surface area contributed by atoms with E-state index in [4.69, 9.17) is 9.05 Å². The maximum Gasteiger partial charge on any atom is 0.259 e. The standard InChI is InChI=1S/C22H16N6O4/c1-13-10-18(26-31-13)24-19(29)12-28-17-8-3-2-6-14(17)15(11-20(28)30)22-25-21(27-32-22)16-7-4-5-9-23-16/h2-11H,12H2,1H3,(H,24,26,29). The molecule has 10 heteroatoms. The van der Waals surface area contributed by atoms with E-state index in [1.54, 1.807) is 43.5 Å². The van der Waals surface area contributed by atoms with Gasteiger partial charge in [-0.05, 0) is 25.1 Å². The van der Waals surface area contributed by atoms with E-state index in [-0.39, 0.29) is 23.8 Å². The van der Waals surface area contributed by atoms with Crippen LogP contribution in [-0.4, -0.2) is 30.8 Å². The Bertz CT molecular complexity index is 1490. The molecule has 158 valence electrons. The van der Waals surface area contributed by atoms with Crippen molar-refractivity contribution in [2.45, 2.75) is 13.5 Å². The summed E-state index contributed by atoms with van der Waals surface area (Å²) in [5.41, 5.74) is 1.20. The van der Waals surface area contributed by atoms with Crippen LogP contribution >= 0.6 is 0 Å². The van der Waals surface area contributed by atoms with Crippen LogP contribution in [0.25, 0.3) is 33.9 Å². The van der Waals surface area contributed by atoms with Crippen LogP contribution in [0.3, 0.4) is 0 Å². The average molecular weight is 428 g/mol. The van der Waals surface area contributed by atoms with Gasteiger partial charge in [0.15, 0.2) is 5.82 Å². The van der Waals surface area contributed by atoms with E-state index in [0.29, 0.717) is 33.7 Å². The Kier molecular flexibility index (Phi) is 4.79. The summed E-state index contributed by atoms with van der Waals surface area (Å²) >= 11 is 0. The van der Waals surface area contributed by atoms with Crippen LogP contribution in [0.1, 0.15) is 5.76 Å². The molecule has 4 heterocycles. The molecule has 5 aromatic rings. The minimum absolute atomic E-state index is 0.189. The highest BCUT2D eigenvalue weighted by atomic mass is 16.5. The first-order chi connectivity index (χ1) is 15.6. The summed E-state index contributed by atoms with van der Waals surface area (Å²) in [6, 6.07) is 15.5. The molecule has 1 N–H and O–H groups in total. The SMILES string of the molecule is Cc1cc(NC(=O)Cn2c(=O)cc(-c3nc(-c4ccccn4)no3)c3ccccc32)no1. The molecule has 4 aromatic heterocycles. The summed E-state index contributed by atoms with van der Waals surface area (Å²) in [4.78, 5) is 34.1. The maximum absolute atomic E-state index is 12.9. The van der Waals surface area contributed by atoms with Crippen molar-refractivity contribution in [1.82, 2.24) is 24.8 Å². The molecule has 10 nitrogen and oxygen atoms in total. The lowest BCUT2D eigenvalue weighted by atomic mass is 10.1. The summed E-state index contributed by atoms with van der Waals surface area (Å²) in [5, 5.41) is 11.0. The average Bonchev–Trinajstić information content (AvgIpc) is 3.45. The third kappa shape index (κ3) is 3.65. The third-order valence-corrected chi connectivity index (χ3v) is 4.77. The van der Waals surface area contributed by atoms with Crippen molar-refractivity contribution in [2.24, 2.45) is 0 Å². The van der Waals surface area contributed by atoms with Gasteiger partial charge in [-0.3, -0.25) is 19.1 Å². The van der Waals surface area contributed by atoms with Crippen molar-refractivity contribution >= 4 is 22.6 Å². The number of pyridine rings is 2. The highest BCUT2D eigenvalue weighted by molar-refractivity contribution is 5.95. The van der Waals surface area contributed by atoms with Crippen LogP contribution in [0.15, 0.2) is 74.6 Å². The molecule has 0 saturated carbocycles. The maximum atomic E-state index is 12.9. The van der Waals surface area contributed by atoms with Crippen LogP contribution in [0.2, 0.25) is 0 Å². The number of carbonyl (C=O) groups excluding carboxylic acids is 1. The molecule has 0 unspecified atom stereocenters. The molecule has 0 aliphatic heterocycles. The number of nitrogens with one attached hydrogen (secondary N) is 1. The fraction of sp³-hybridized carbons (Fsp3) is 0.0909. The van der Waals surface area contributed by atoms with Crippen LogP contribution < -0.4 is 10.9 Å². The number of nitrogens with zero attached hydrogens (tertiary/aromatic N) is 5. The smallest absolute Gasteiger partial charge is 0.259 e. The zero-order valence-corrected chi connectivity index (χ0v) is 16.8. The number of aryl methyl sites for hydroxylation is 1. The van der Waals surface area contributed by atoms with E-state index in [9.17, 15) is 9.59 Å². The van der Waals surface area contributed by atoms with E-state index in [1.807, 2.05) is 18.2 Å². The van der Waals surface area contributed by atoms with Gasteiger partial charge in [-0.1, -0.05) is 34.6 Å². The Morgan fingerprint density at radius 2 is 1.91 bits per heavy atom. The summed E-state index contributed by atoms with van der Waals surface area (Å²) in [5.74, 6) is 0.949. The normalized spacial score (nSPS) is 11.0. The van der Waals surface area contributed by atoms with E-state index >= 15 is 0 Å². The Morgan fingerprint density at radius 3 is 2.69 bits per heavy atom. The van der Waals surface area contributed by atoms with Crippen molar-refractivity contribution in [1.29, 1.82) is 0 Å². The predicted octanol–water partition coefficient (Wildman–Crippen LogP) is 3.05. The highest BCUT2D eigenvalue weighted by Crippen LogP contribution is 2.27. The van der Waals surface area contributed by atoms with Crippen LogP contribution in [0, 0.1) is 6.92 Å². The van der Waals surface area contributed by atoms with Crippen molar-refractivity contribution in [3.05, 3.63) is 76.9 Å². The molecule has 0 aliphatic carbocycles. The van der Waals surface area contributed by atoms with Gasteiger partial charge in [-0.25, -0.2) is 0 Å². The van der Waals surface area contributed by atoms with Gasteiger partial charge in [0.25, 0.3) is 11.4 Å². The summed E-state index contributed by atoms with van der Waals surface area (Å²) in [6.07, 6.45) is 1.63. The summed E-state index contributed by atoms with van der Waals surface area (Å²) in [7, 11) is 0. The first kappa shape index (κ1) is 19.4. The van der Waals surface area contributed by atoms with Gasteiger partial charge < -0.3 is 14.4 Å². The number of hydrogen-bond donors (Lipinski definition) is 1. The number of fused-ring (bicyclic) bond motifs is 1. The number of anilines is 1. The molecule has 32 heavy (non-hydrogen) atoms. The summed E-state index contributed by atoms with van der Waals surface area (Å²) in [6.45, 7) is 1.52. The number of rotatable bonds is 5. The van der Waals surface area contributed by atoms with Crippen molar-refractivity contribution in [3.8, 4) is 23.0 Å². The lowest BCUT2D eigenvalue weighted by Gasteiger charge is -2.11. The molecule has 0 aliphatic rings. The second-order valence-corrected chi connectivity index (χ2v) is 7.01. The molecule has 0 radical (unpaired) electrons. The van der Waals surface area contributed by atoms with Crippen LogP contribution in [0.4, 0.5) is 5.82 Å². The molecule has 0 fully saturated rings. The first-order valence-electron chi connectivity index (χ1n) is 9.70. The van der Waals surface area contributed by atoms with Gasteiger partial charge in [0.2, 0.25) is 11.7 Å². The molecule has 5 rings (SSSR count). The van der Waals surface area contributed by atoms with Gasteiger partial charge >= 0.3 is 0 Å². The zero-order valence-electron chi connectivity index (χ0n) is 16.8. The second kappa shape index (κ2) is 7.91. The Hall–Kier alpha value is -4.60. The van der Waals surface area contributed by atoms with Gasteiger partial charge in [0.05, 0.1) is 11.1 Å². The van der Waals surface area contributed by atoms with Gasteiger partial charge in [-0.15, -0.1) is 0 Å². The lowest BCUT2D eigenvalue weighted by Crippen LogP contribution is -2.27. The van der Waals surface area contributed by atoms with Gasteiger partial charge in [0, 0.05) is 23.7 Å². The molecule has 0 spiro atoms. The molecule has 0 bridgehead atoms. The van der Waals surface area contributed by atoms with E-state index in [1.165, 1.54) is 10.6 Å². The van der Waals surface area contributed by atoms with Gasteiger partial charge in [-0.2, -0.15) is 4.98 Å². The van der Waals surface area contributed by atoms with E-state index in [0.717, 1.165) is 0 Å². The molecular weight excluding hydrogens is 412 g/mol. The minimum atomic E-state index is -0.409. The Labute approximate surface area is 180 Å². The number of carbonyl (C=O) groups is 1. The fourth-order valence-corrected chi connectivity index (χ4v) is 3.36. The topological polar surface area (TPSA) is 129 Å². The Morgan fingerprint density at radius 1 is 1.06 bits per heavy atom. The molecule has 0 atom stereocenters. The fourth-order valence-electron chi connectivity index (χ4n) is 3.36. The number of hydrogen-bond acceptors (Lipinski definition) is 8. The zero-order chi connectivity index (χ0) is 22.1. The minimum Gasteiger partial charge on any atom is -0.360 e. The quantitative estimate of drug-likeness (QED) is 0.452. The van der Waals surface area contributed by atoms with E-state index < -0.39 is 5.91 Å². The number of aromatic nitrogens is 5. The third-order valence-electron chi connectivity index (χ3n) is 4.77.